The Balaban J connectivity index is 2.93. The van der Waals surface area contributed by atoms with E-state index in [1.807, 2.05) is 6.07 Å². The Labute approximate surface area is 64.3 Å². The lowest BCUT2D eigenvalue weighted by molar-refractivity contribution is -0.108. The second kappa shape index (κ2) is 3.47. The third-order valence-corrected chi connectivity index (χ3v) is 1.28. The van der Waals surface area contributed by atoms with Crippen LogP contribution in [-0.4, -0.2) is 11.3 Å². The van der Waals surface area contributed by atoms with E-state index in [0.717, 1.165) is 0 Å². The molecule has 0 saturated heterocycles. The van der Waals surface area contributed by atoms with Crippen LogP contribution >= 0.6 is 0 Å². The minimum absolute atomic E-state index is 0.505. The van der Waals surface area contributed by atoms with Crippen molar-refractivity contribution in [2.75, 3.05) is 0 Å². The summed E-state index contributed by atoms with van der Waals surface area (Å²) in [5.41, 5.74) is 0.505. The van der Waals surface area contributed by atoms with Crippen molar-refractivity contribution < 1.29 is 4.79 Å². The molecule has 0 amide bonds. The molecule has 1 aromatic heterocycles. The summed E-state index contributed by atoms with van der Waals surface area (Å²) in [6.07, 6.45) is 2.14. The van der Waals surface area contributed by atoms with Gasteiger partial charge in [0, 0.05) is 6.20 Å². The zero-order valence-electron chi connectivity index (χ0n) is 5.77. The van der Waals surface area contributed by atoms with E-state index < -0.39 is 5.92 Å². The van der Waals surface area contributed by atoms with Gasteiger partial charge in [0.25, 0.3) is 0 Å². The lowest BCUT2D eigenvalue weighted by Gasteiger charge is -1.96. The van der Waals surface area contributed by atoms with Gasteiger partial charge in [0.05, 0.1) is 11.8 Å². The molecule has 1 rings (SSSR count). The maximum absolute atomic E-state index is 10.3. The maximum Gasteiger partial charge on any atom is 0.144 e. The number of pyridine rings is 1. The van der Waals surface area contributed by atoms with Gasteiger partial charge in [-0.05, 0) is 12.1 Å². The molecular formula is C8H6N2O. The van der Waals surface area contributed by atoms with Gasteiger partial charge in [-0.25, -0.2) is 0 Å². The van der Waals surface area contributed by atoms with Crippen LogP contribution in [0.1, 0.15) is 11.6 Å². The van der Waals surface area contributed by atoms with E-state index in [1.165, 1.54) is 0 Å². The van der Waals surface area contributed by atoms with Crippen LogP contribution in [-0.2, 0) is 4.79 Å². The Bertz CT molecular complexity index is 276. The molecular weight excluding hydrogens is 140 g/mol. The van der Waals surface area contributed by atoms with E-state index in [-0.39, 0.29) is 0 Å². The summed E-state index contributed by atoms with van der Waals surface area (Å²) in [6, 6.07) is 6.98. The van der Waals surface area contributed by atoms with Crippen molar-refractivity contribution in [2.24, 2.45) is 0 Å². The number of carbonyl (C=O) groups excluding carboxylic acids is 1. The van der Waals surface area contributed by atoms with Crippen LogP contribution in [0.5, 0.6) is 0 Å². The molecule has 0 N–H and O–H groups in total. The summed E-state index contributed by atoms with van der Waals surface area (Å²) in [7, 11) is 0. The van der Waals surface area contributed by atoms with E-state index in [9.17, 15) is 4.79 Å². The van der Waals surface area contributed by atoms with Gasteiger partial charge in [0.1, 0.15) is 12.2 Å². The number of hydrogen-bond acceptors (Lipinski definition) is 3. The minimum Gasteiger partial charge on any atom is -0.301 e. The fourth-order valence-electron chi connectivity index (χ4n) is 0.726. The molecule has 0 aromatic carbocycles. The van der Waals surface area contributed by atoms with Crippen LogP contribution < -0.4 is 0 Å². The van der Waals surface area contributed by atoms with Crippen LogP contribution in [0.15, 0.2) is 24.4 Å². The van der Waals surface area contributed by atoms with Gasteiger partial charge in [-0.1, -0.05) is 6.07 Å². The van der Waals surface area contributed by atoms with Gasteiger partial charge in [0.2, 0.25) is 0 Å². The van der Waals surface area contributed by atoms with Crippen LogP contribution in [0.4, 0.5) is 0 Å². The van der Waals surface area contributed by atoms with Crippen molar-refractivity contribution in [1.82, 2.24) is 4.98 Å². The molecule has 0 fully saturated rings. The van der Waals surface area contributed by atoms with Gasteiger partial charge >= 0.3 is 0 Å². The highest BCUT2D eigenvalue weighted by atomic mass is 16.1. The molecule has 0 aliphatic rings. The van der Waals surface area contributed by atoms with Gasteiger partial charge in [-0.15, -0.1) is 0 Å². The molecule has 0 unspecified atom stereocenters. The van der Waals surface area contributed by atoms with Crippen LogP contribution in [0.3, 0.4) is 0 Å². The van der Waals surface area contributed by atoms with E-state index in [1.54, 1.807) is 24.4 Å². The standard InChI is InChI=1S/C8H6N2O/c9-5-7(6-11)8-3-1-2-4-10-8/h1-4,6-7H/t7-/m1/s1. The van der Waals surface area contributed by atoms with Crippen LogP contribution in [0, 0.1) is 11.3 Å². The zero-order valence-corrected chi connectivity index (χ0v) is 5.77. The van der Waals surface area contributed by atoms with Crippen molar-refractivity contribution in [3.8, 4) is 6.07 Å². The fourth-order valence-corrected chi connectivity index (χ4v) is 0.726. The van der Waals surface area contributed by atoms with Crippen molar-refractivity contribution in [2.45, 2.75) is 5.92 Å². The number of aromatic nitrogens is 1. The predicted molar refractivity (Wildman–Crippen MR) is 38.7 cm³/mol. The van der Waals surface area contributed by atoms with Gasteiger partial charge in [-0.3, -0.25) is 4.98 Å². The molecule has 0 saturated carbocycles. The first kappa shape index (κ1) is 7.42. The highest BCUT2D eigenvalue weighted by Gasteiger charge is 2.08. The molecule has 1 heterocycles. The molecule has 11 heavy (non-hydrogen) atoms. The number of hydrogen-bond donors (Lipinski definition) is 0. The van der Waals surface area contributed by atoms with E-state index in [0.29, 0.717) is 12.0 Å². The molecule has 54 valence electrons. The summed E-state index contributed by atoms with van der Waals surface area (Å²) in [6.45, 7) is 0. The number of aldehydes is 1. The summed E-state index contributed by atoms with van der Waals surface area (Å²) in [5.74, 6) is -0.726. The van der Waals surface area contributed by atoms with Crippen molar-refractivity contribution in [3.05, 3.63) is 30.1 Å². The van der Waals surface area contributed by atoms with Crippen LogP contribution in [0.2, 0.25) is 0 Å². The summed E-state index contributed by atoms with van der Waals surface area (Å²) < 4.78 is 0. The summed E-state index contributed by atoms with van der Waals surface area (Å²) >= 11 is 0. The SMILES string of the molecule is N#C[C@H](C=O)c1ccccn1. The monoisotopic (exact) mass is 146 g/mol. The van der Waals surface area contributed by atoms with Crippen molar-refractivity contribution in [3.63, 3.8) is 0 Å². The molecule has 1 aromatic rings. The first-order valence-corrected chi connectivity index (χ1v) is 3.14. The van der Waals surface area contributed by atoms with E-state index in [4.69, 9.17) is 5.26 Å². The van der Waals surface area contributed by atoms with Crippen molar-refractivity contribution in [1.29, 1.82) is 5.26 Å². The largest absolute Gasteiger partial charge is 0.301 e. The second-order valence-corrected chi connectivity index (χ2v) is 2.00. The molecule has 3 heteroatoms. The molecule has 0 aliphatic carbocycles. The van der Waals surface area contributed by atoms with Gasteiger partial charge in [0.15, 0.2) is 0 Å². The average Bonchev–Trinajstić information content (AvgIpc) is 2.09. The Morgan fingerprint density at radius 3 is 2.91 bits per heavy atom. The molecule has 1 atom stereocenters. The average molecular weight is 146 g/mol. The van der Waals surface area contributed by atoms with Gasteiger partial charge in [-0.2, -0.15) is 5.26 Å². The van der Waals surface area contributed by atoms with E-state index >= 15 is 0 Å². The highest BCUT2D eigenvalue weighted by Crippen LogP contribution is 2.06. The highest BCUT2D eigenvalue weighted by molar-refractivity contribution is 5.65. The molecule has 0 radical (unpaired) electrons. The number of carbonyl (C=O) groups is 1. The second-order valence-electron chi connectivity index (χ2n) is 2.00. The lowest BCUT2D eigenvalue weighted by Crippen LogP contribution is -1.98. The Hall–Kier alpha value is -1.69. The number of nitriles is 1. The lowest BCUT2D eigenvalue weighted by atomic mass is 10.1. The normalized spacial score (nSPS) is 11.5. The maximum atomic E-state index is 10.3. The third-order valence-electron chi connectivity index (χ3n) is 1.28. The smallest absolute Gasteiger partial charge is 0.144 e. The van der Waals surface area contributed by atoms with E-state index in [2.05, 4.69) is 4.98 Å². The van der Waals surface area contributed by atoms with Crippen molar-refractivity contribution >= 4 is 6.29 Å². The summed E-state index contributed by atoms with van der Waals surface area (Å²) in [5, 5.41) is 8.46. The zero-order chi connectivity index (χ0) is 8.10. The minimum atomic E-state index is -0.726. The first-order chi connectivity index (χ1) is 5.38. The fraction of sp³-hybridized carbons (Fsp3) is 0.125. The number of nitrogens with zero attached hydrogens (tertiary/aromatic N) is 2. The molecule has 3 nitrogen and oxygen atoms in total. The Morgan fingerprint density at radius 1 is 1.64 bits per heavy atom. The Morgan fingerprint density at radius 2 is 2.45 bits per heavy atom. The quantitative estimate of drug-likeness (QED) is 0.582. The summed E-state index contributed by atoms with van der Waals surface area (Å²) in [4.78, 5) is 14.1. The first-order valence-electron chi connectivity index (χ1n) is 3.14. The third kappa shape index (κ3) is 1.62. The topological polar surface area (TPSA) is 53.8 Å². The Kier molecular flexibility index (Phi) is 2.34. The van der Waals surface area contributed by atoms with Gasteiger partial charge < -0.3 is 4.79 Å². The molecule has 0 bridgehead atoms. The molecule has 0 spiro atoms. The predicted octanol–water partition coefficient (Wildman–Crippen LogP) is 0.888. The molecule has 0 aliphatic heterocycles. The number of rotatable bonds is 2. The van der Waals surface area contributed by atoms with Crippen LogP contribution in [0.25, 0.3) is 0 Å².